The van der Waals surface area contributed by atoms with Gasteiger partial charge in [0.05, 0.1) is 11.1 Å². The predicted octanol–water partition coefficient (Wildman–Crippen LogP) is 9.83. The number of nitrogens with one attached hydrogen (secondary N) is 3. The maximum Gasteiger partial charge on any atom is 0.410 e. The molecule has 0 aliphatic carbocycles. The molecule has 0 atom stereocenters. The van der Waals surface area contributed by atoms with Crippen molar-refractivity contribution in [2.24, 2.45) is 0 Å². The Labute approximate surface area is 347 Å². The van der Waals surface area contributed by atoms with Gasteiger partial charge < -0.3 is 30.4 Å². The molecule has 4 N–H and O–H groups in total. The van der Waals surface area contributed by atoms with Gasteiger partial charge in [0.2, 0.25) is 0 Å². The molecule has 0 aliphatic rings. The lowest BCUT2D eigenvalue weighted by molar-refractivity contribution is 0.0269. The van der Waals surface area contributed by atoms with Crippen molar-refractivity contribution in [2.75, 3.05) is 30.8 Å². The Balaban J connectivity index is 0.00000744. The van der Waals surface area contributed by atoms with E-state index in [1.54, 1.807) is 30.1 Å². The van der Waals surface area contributed by atoms with Gasteiger partial charge in [-0.15, -0.1) is 12.4 Å². The molecule has 0 fully saturated rings. The zero-order valence-electron chi connectivity index (χ0n) is 34.3. The normalized spacial score (nSPS) is 11.3. The van der Waals surface area contributed by atoms with Crippen molar-refractivity contribution in [3.8, 4) is 0 Å². The van der Waals surface area contributed by atoms with Crippen LogP contribution in [-0.2, 0) is 24.1 Å². The van der Waals surface area contributed by atoms with Crippen LogP contribution in [0.25, 0.3) is 10.9 Å². The number of nitrogens with zero attached hydrogens (tertiary/aromatic N) is 2. The second-order valence-electron chi connectivity index (χ2n) is 15.4. The molecule has 1 heterocycles. The first kappa shape index (κ1) is 45.1. The Bertz CT molecular complexity index is 2160. The number of carboxylic acid groups (broad SMARTS) is 1. The number of halogens is 1. The lowest BCUT2D eigenvalue weighted by Gasteiger charge is -2.32. The molecule has 12 heteroatoms. The number of benzene rings is 4. The SMILES string of the molecule is CCC(CC)N(CCN(C)C(=O)OC(C)(C)C)Cc1cccc(C(=O)Nc2[nH]c3ccccc3c2C(=O)Nc2ccc(CCCc3ccc(C(=O)O)cc3)cc2)c1.Cl. The minimum Gasteiger partial charge on any atom is -0.478 e. The second-order valence-corrected chi connectivity index (χ2v) is 15.4. The molecular formula is C46H56ClN5O6. The fraction of sp³-hybridized carbons (Fsp3) is 0.348. The van der Waals surface area contributed by atoms with Crippen LogP contribution in [0.4, 0.5) is 16.3 Å². The smallest absolute Gasteiger partial charge is 0.410 e. The number of hydrogen-bond donors (Lipinski definition) is 4. The van der Waals surface area contributed by atoms with Gasteiger partial charge in [-0.1, -0.05) is 68.4 Å². The maximum atomic E-state index is 13.9. The number of H-pyrrole nitrogens is 1. The minimum atomic E-state index is -0.934. The van der Waals surface area contributed by atoms with Crippen LogP contribution >= 0.6 is 12.4 Å². The molecule has 0 aliphatic heterocycles. The molecule has 1 aromatic heterocycles. The van der Waals surface area contributed by atoms with Crippen LogP contribution < -0.4 is 10.6 Å². The molecule has 0 saturated carbocycles. The number of aryl methyl sites for hydroxylation is 2. The monoisotopic (exact) mass is 809 g/mol. The zero-order valence-corrected chi connectivity index (χ0v) is 35.1. The lowest BCUT2D eigenvalue weighted by Crippen LogP contribution is -2.42. The highest BCUT2D eigenvalue weighted by Crippen LogP contribution is 2.28. The van der Waals surface area contributed by atoms with Crippen LogP contribution in [0.2, 0.25) is 0 Å². The van der Waals surface area contributed by atoms with Crippen molar-refractivity contribution >= 4 is 58.7 Å². The van der Waals surface area contributed by atoms with Gasteiger partial charge in [0.15, 0.2) is 0 Å². The number of likely N-dealkylation sites (N-methyl/N-ethyl adjacent to an activating group) is 1. The average molecular weight is 810 g/mol. The summed E-state index contributed by atoms with van der Waals surface area (Å²) in [4.78, 5) is 58.6. The molecule has 4 aromatic carbocycles. The molecule has 11 nitrogen and oxygen atoms in total. The minimum absolute atomic E-state index is 0. The van der Waals surface area contributed by atoms with Crippen molar-refractivity contribution in [2.45, 2.75) is 84.9 Å². The van der Waals surface area contributed by atoms with Gasteiger partial charge in [0.25, 0.3) is 11.8 Å². The van der Waals surface area contributed by atoms with E-state index in [-0.39, 0.29) is 41.9 Å². The number of anilines is 2. The van der Waals surface area contributed by atoms with Crippen molar-refractivity contribution in [3.05, 3.63) is 130 Å². The number of rotatable bonds is 17. The summed E-state index contributed by atoms with van der Waals surface area (Å²) >= 11 is 0. The van der Waals surface area contributed by atoms with E-state index in [0.29, 0.717) is 47.7 Å². The summed E-state index contributed by atoms with van der Waals surface area (Å²) in [6.07, 6.45) is 4.07. The van der Waals surface area contributed by atoms with E-state index >= 15 is 0 Å². The molecule has 0 spiro atoms. The van der Waals surface area contributed by atoms with E-state index in [0.717, 1.165) is 54.3 Å². The molecule has 308 valence electrons. The Morgan fingerprint density at radius 1 is 0.759 bits per heavy atom. The fourth-order valence-electron chi connectivity index (χ4n) is 6.87. The summed E-state index contributed by atoms with van der Waals surface area (Å²) < 4.78 is 5.55. The highest BCUT2D eigenvalue weighted by atomic mass is 35.5. The van der Waals surface area contributed by atoms with E-state index in [1.165, 1.54) is 0 Å². The van der Waals surface area contributed by atoms with Crippen LogP contribution in [0.1, 0.15) is 102 Å². The predicted molar refractivity (Wildman–Crippen MR) is 233 cm³/mol. The van der Waals surface area contributed by atoms with Crippen molar-refractivity contribution in [1.29, 1.82) is 0 Å². The van der Waals surface area contributed by atoms with E-state index < -0.39 is 11.6 Å². The maximum absolute atomic E-state index is 13.9. The molecule has 0 bridgehead atoms. The summed E-state index contributed by atoms with van der Waals surface area (Å²) in [5.41, 5.74) is 5.01. The number of fused-ring (bicyclic) bond motifs is 1. The van der Waals surface area contributed by atoms with Gasteiger partial charge in [-0.05, 0) is 112 Å². The van der Waals surface area contributed by atoms with Gasteiger partial charge >= 0.3 is 12.1 Å². The Kier molecular flexibility index (Phi) is 16.1. The first-order chi connectivity index (χ1) is 27.2. The Morgan fingerprint density at radius 2 is 1.40 bits per heavy atom. The number of para-hydroxylation sites is 1. The van der Waals surface area contributed by atoms with Crippen LogP contribution in [0, 0.1) is 0 Å². The largest absolute Gasteiger partial charge is 0.478 e. The molecule has 0 unspecified atom stereocenters. The topological polar surface area (TPSA) is 144 Å². The van der Waals surface area contributed by atoms with Crippen LogP contribution in [-0.4, -0.2) is 75.5 Å². The number of aromatic nitrogens is 1. The first-order valence-corrected chi connectivity index (χ1v) is 19.7. The van der Waals surface area contributed by atoms with Crippen molar-refractivity contribution in [3.63, 3.8) is 0 Å². The molecule has 5 rings (SSSR count). The van der Waals surface area contributed by atoms with Gasteiger partial charge in [-0.3, -0.25) is 14.5 Å². The number of carboxylic acids is 1. The van der Waals surface area contributed by atoms with E-state index in [4.69, 9.17) is 9.84 Å². The molecule has 3 amide bonds. The highest BCUT2D eigenvalue weighted by Gasteiger charge is 2.24. The number of hydrogen-bond acceptors (Lipinski definition) is 6. The average Bonchev–Trinajstić information content (AvgIpc) is 3.55. The first-order valence-electron chi connectivity index (χ1n) is 19.7. The summed E-state index contributed by atoms with van der Waals surface area (Å²) in [5, 5.41) is 15.8. The third-order valence-electron chi connectivity index (χ3n) is 9.98. The summed E-state index contributed by atoms with van der Waals surface area (Å²) in [6, 6.07) is 29.9. The highest BCUT2D eigenvalue weighted by molar-refractivity contribution is 6.19. The second kappa shape index (κ2) is 20.7. The summed E-state index contributed by atoms with van der Waals surface area (Å²) in [7, 11) is 1.75. The van der Waals surface area contributed by atoms with Crippen LogP contribution in [0.15, 0.2) is 97.1 Å². The van der Waals surface area contributed by atoms with Gasteiger partial charge in [0, 0.05) is 54.9 Å². The Hall–Kier alpha value is -5.65. The fourth-order valence-corrected chi connectivity index (χ4v) is 6.87. The van der Waals surface area contributed by atoms with Crippen molar-refractivity contribution < 1.29 is 29.0 Å². The number of carbonyl (C=O) groups excluding carboxylic acids is 3. The van der Waals surface area contributed by atoms with Crippen LogP contribution in [0.3, 0.4) is 0 Å². The van der Waals surface area contributed by atoms with Gasteiger partial charge in [0.1, 0.15) is 11.4 Å². The summed E-state index contributed by atoms with van der Waals surface area (Å²) in [6.45, 7) is 11.6. The van der Waals surface area contributed by atoms with Crippen LogP contribution in [0.5, 0.6) is 0 Å². The molecule has 0 radical (unpaired) electrons. The number of amides is 3. The summed E-state index contributed by atoms with van der Waals surface area (Å²) in [5.74, 6) is -1.33. The Morgan fingerprint density at radius 3 is 2.02 bits per heavy atom. The lowest BCUT2D eigenvalue weighted by atomic mass is 10.0. The molecule has 58 heavy (non-hydrogen) atoms. The molecule has 5 aromatic rings. The number of ether oxygens (including phenoxy) is 1. The quantitative estimate of drug-likeness (QED) is 0.0732. The van der Waals surface area contributed by atoms with E-state index in [1.807, 2.05) is 99.6 Å². The van der Waals surface area contributed by atoms with E-state index in [2.05, 4.69) is 34.4 Å². The van der Waals surface area contributed by atoms with E-state index in [9.17, 15) is 19.2 Å². The number of aromatic carboxylic acids is 1. The third-order valence-corrected chi connectivity index (χ3v) is 9.98. The third kappa shape index (κ3) is 12.4. The van der Waals surface area contributed by atoms with Gasteiger partial charge in [-0.2, -0.15) is 0 Å². The van der Waals surface area contributed by atoms with Gasteiger partial charge in [-0.25, -0.2) is 9.59 Å². The number of carbonyl (C=O) groups is 4. The molecular weight excluding hydrogens is 754 g/mol. The number of aromatic amines is 1. The van der Waals surface area contributed by atoms with Crippen molar-refractivity contribution in [1.82, 2.24) is 14.8 Å². The molecule has 0 saturated heterocycles. The standard InChI is InChI=1S/C46H55N5O6.ClH/c1-7-37(8-2)51(28-27-50(6)45(56)57-46(3,4)5)30-33-15-12-16-35(29-33)42(52)49-41-40(38-17-9-10-18-39(38)48-41)43(53)47-36-25-21-32(22-26-36)14-11-13-31-19-23-34(24-20-31)44(54)55;/h9-10,12,15-26,29,37,48H,7-8,11,13-14,27-28,30H2,1-6H3,(H,47,53)(H,49,52)(H,54,55);1H. The zero-order chi connectivity index (χ0) is 41.1.